The molecule has 0 aliphatic carbocycles. The third-order valence-electron chi connectivity index (χ3n) is 2.39. The Labute approximate surface area is 119 Å². The van der Waals surface area contributed by atoms with Gasteiger partial charge in [0.05, 0.1) is 18.8 Å². The number of hydrogen-bond acceptors (Lipinski definition) is 3. The van der Waals surface area contributed by atoms with E-state index in [1.807, 2.05) is 6.92 Å². The van der Waals surface area contributed by atoms with Crippen LogP contribution in [0.3, 0.4) is 0 Å². The van der Waals surface area contributed by atoms with Crippen LogP contribution in [0.1, 0.15) is 26.7 Å². The minimum Gasteiger partial charge on any atom is -0.491 e. The van der Waals surface area contributed by atoms with Gasteiger partial charge in [0, 0.05) is 5.02 Å². The van der Waals surface area contributed by atoms with E-state index in [1.54, 1.807) is 18.2 Å². The molecule has 0 heterocycles. The summed E-state index contributed by atoms with van der Waals surface area (Å²) in [6, 6.07) is 5.22. The number of halogens is 1. The average Bonchev–Trinajstić information content (AvgIpc) is 2.38. The van der Waals surface area contributed by atoms with Crippen LogP contribution in [0.25, 0.3) is 0 Å². The molecule has 1 rings (SSSR count). The van der Waals surface area contributed by atoms with Gasteiger partial charge in [0.15, 0.2) is 0 Å². The van der Waals surface area contributed by atoms with E-state index >= 15 is 0 Å². The van der Waals surface area contributed by atoms with E-state index in [0.29, 0.717) is 23.1 Å². The van der Waals surface area contributed by atoms with Crippen LogP contribution in [-0.2, 0) is 4.79 Å². The van der Waals surface area contributed by atoms with Gasteiger partial charge < -0.3 is 15.4 Å². The first-order chi connectivity index (χ1) is 9.17. The van der Waals surface area contributed by atoms with Crippen LogP contribution in [0.4, 0.5) is 5.69 Å². The monoisotopic (exact) mass is 284 g/mol. The Hall–Kier alpha value is -1.26. The van der Waals surface area contributed by atoms with E-state index in [0.717, 1.165) is 19.4 Å². The van der Waals surface area contributed by atoms with Crippen molar-refractivity contribution in [2.75, 3.05) is 25.0 Å². The summed E-state index contributed by atoms with van der Waals surface area (Å²) in [4.78, 5) is 11.8. The number of carbonyl (C=O) groups excluding carboxylic acids is 1. The van der Waals surface area contributed by atoms with Crippen molar-refractivity contribution in [3.05, 3.63) is 23.2 Å². The molecular formula is C14H21ClN2O2. The number of amides is 1. The van der Waals surface area contributed by atoms with Crippen molar-refractivity contribution in [3.8, 4) is 5.75 Å². The Morgan fingerprint density at radius 2 is 2.11 bits per heavy atom. The van der Waals surface area contributed by atoms with E-state index in [1.165, 1.54) is 0 Å². The molecule has 0 radical (unpaired) electrons. The van der Waals surface area contributed by atoms with Gasteiger partial charge in [-0.1, -0.05) is 25.4 Å². The summed E-state index contributed by atoms with van der Waals surface area (Å²) in [5, 5.41) is 6.42. The molecule has 4 nitrogen and oxygen atoms in total. The average molecular weight is 285 g/mol. The van der Waals surface area contributed by atoms with Crippen LogP contribution in [0.15, 0.2) is 18.2 Å². The van der Waals surface area contributed by atoms with Gasteiger partial charge in [-0.3, -0.25) is 4.79 Å². The highest BCUT2D eigenvalue weighted by atomic mass is 35.5. The lowest BCUT2D eigenvalue weighted by Gasteiger charge is -2.12. The maximum Gasteiger partial charge on any atom is 0.238 e. The van der Waals surface area contributed by atoms with E-state index in [4.69, 9.17) is 16.3 Å². The second kappa shape index (κ2) is 8.77. The third kappa shape index (κ3) is 5.94. The van der Waals surface area contributed by atoms with E-state index in [9.17, 15) is 4.79 Å². The number of anilines is 1. The number of ether oxygens (including phenoxy) is 1. The molecule has 0 atom stereocenters. The summed E-state index contributed by atoms with van der Waals surface area (Å²) in [5.41, 5.74) is 0.615. The smallest absolute Gasteiger partial charge is 0.238 e. The molecule has 0 bridgehead atoms. The summed E-state index contributed by atoms with van der Waals surface area (Å²) >= 11 is 5.94. The van der Waals surface area contributed by atoms with E-state index in [2.05, 4.69) is 17.6 Å². The first-order valence-corrected chi connectivity index (χ1v) is 6.98. The van der Waals surface area contributed by atoms with Crippen LogP contribution in [0.5, 0.6) is 5.75 Å². The lowest BCUT2D eigenvalue weighted by Crippen LogP contribution is -2.28. The highest BCUT2D eigenvalue weighted by Gasteiger charge is 2.08. The van der Waals surface area contributed by atoms with Crippen molar-refractivity contribution in [1.29, 1.82) is 0 Å². The van der Waals surface area contributed by atoms with Crippen LogP contribution in [-0.4, -0.2) is 25.6 Å². The van der Waals surface area contributed by atoms with Crippen LogP contribution < -0.4 is 15.4 Å². The van der Waals surface area contributed by atoms with Crippen molar-refractivity contribution in [3.63, 3.8) is 0 Å². The minimum absolute atomic E-state index is 0.0999. The molecule has 2 N–H and O–H groups in total. The van der Waals surface area contributed by atoms with Crippen LogP contribution in [0, 0.1) is 0 Å². The predicted molar refractivity (Wildman–Crippen MR) is 79.0 cm³/mol. The van der Waals surface area contributed by atoms with Gasteiger partial charge in [-0.25, -0.2) is 0 Å². The Morgan fingerprint density at radius 1 is 1.32 bits per heavy atom. The zero-order chi connectivity index (χ0) is 14.1. The van der Waals surface area contributed by atoms with E-state index in [-0.39, 0.29) is 12.5 Å². The van der Waals surface area contributed by atoms with E-state index < -0.39 is 0 Å². The summed E-state index contributed by atoms with van der Waals surface area (Å²) < 4.78 is 5.57. The van der Waals surface area contributed by atoms with Gasteiger partial charge in [0.25, 0.3) is 0 Å². The van der Waals surface area contributed by atoms with Crippen molar-refractivity contribution >= 4 is 23.2 Å². The first kappa shape index (κ1) is 15.8. The molecule has 0 saturated carbocycles. The molecule has 0 aliphatic heterocycles. The first-order valence-electron chi connectivity index (χ1n) is 6.60. The van der Waals surface area contributed by atoms with Gasteiger partial charge >= 0.3 is 0 Å². The highest BCUT2D eigenvalue weighted by molar-refractivity contribution is 6.31. The van der Waals surface area contributed by atoms with Crippen molar-refractivity contribution in [2.45, 2.75) is 26.7 Å². The Balaban J connectivity index is 2.63. The molecule has 0 spiro atoms. The van der Waals surface area contributed by atoms with Gasteiger partial charge in [-0.2, -0.15) is 0 Å². The van der Waals surface area contributed by atoms with Gasteiger partial charge in [-0.05, 0) is 37.6 Å². The zero-order valence-corrected chi connectivity index (χ0v) is 12.2. The summed E-state index contributed by atoms with van der Waals surface area (Å²) in [7, 11) is 0. The number of carbonyl (C=O) groups is 1. The third-order valence-corrected chi connectivity index (χ3v) is 2.62. The molecule has 1 amide bonds. The molecule has 0 aromatic heterocycles. The fourth-order valence-electron chi connectivity index (χ4n) is 1.51. The predicted octanol–water partition coefficient (Wildman–Crippen LogP) is 3.07. The molecule has 106 valence electrons. The number of nitrogens with one attached hydrogen (secondary N) is 2. The molecule has 0 aliphatic rings. The van der Waals surface area contributed by atoms with Gasteiger partial charge in [0.1, 0.15) is 5.75 Å². The normalized spacial score (nSPS) is 10.3. The van der Waals surface area contributed by atoms with Crippen molar-refractivity contribution < 1.29 is 9.53 Å². The topological polar surface area (TPSA) is 50.4 Å². The molecule has 0 saturated heterocycles. The molecule has 5 heteroatoms. The zero-order valence-electron chi connectivity index (χ0n) is 11.5. The highest BCUT2D eigenvalue weighted by Crippen LogP contribution is 2.28. The second-order valence-electron chi connectivity index (χ2n) is 4.21. The largest absolute Gasteiger partial charge is 0.491 e. The molecule has 1 aromatic rings. The fourth-order valence-corrected chi connectivity index (χ4v) is 1.68. The number of benzene rings is 1. The molecular weight excluding hydrogens is 264 g/mol. The van der Waals surface area contributed by atoms with Crippen LogP contribution in [0.2, 0.25) is 5.02 Å². The Morgan fingerprint density at radius 3 is 2.79 bits per heavy atom. The molecule has 0 fully saturated rings. The quantitative estimate of drug-likeness (QED) is 0.721. The molecule has 1 aromatic carbocycles. The maximum atomic E-state index is 11.8. The lowest BCUT2D eigenvalue weighted by molar-refractivity contribution is -0.115. The van der Waals surface area contributed by atoms with Gasteiger partial charge in [-0.15, -0.1) is 0 Å². The summed E-state index contributed by atoms with van der Waals surface area (Å²) in [5.74, 6) is 0.548. The molecule has 0 unspecified atom stereocenters. The number of rotatable bonds is 8. The standard InChI is InChI=1S/C14H21ClN2O2/c1-3-7-16-10-14(18)17-12-9-11(15)5-6-13(12)19-8-4-2/h5-6,9,16H,3-4,7-8,10H2,1-2H3,(H,17,18). The SMILES string of the molecule is CCCNCC(=O)Nc1cc(Cl)ccc1OCCC. The molecule has 19 heavy (non-hydrogen) atoms. The Kier molecular flexibility index (Phi) is 7.30. The fraction of sp³-hybridized carbons (Fsp3) is 0.500. The van der Waals surface area contributed by atoms with Crippen molar-refractivity contribution in [2.24, 2.45) is 0 Å². The van der Waals surface area contributed by atoms with Gasteiger partial charge in [0.2, 0.25) is 5.91 Å². The Bertz CT molecular complexity index is 410. The summed E-state index contributed by atoms with van der Waals surface area (Å²) in [6.07, 6.45) is 1.91. The number of hydrogen-bond donors (Lipinski definition) is 2. The van der Waals surface area contributed by atoms with Crippen molar-refractivity contribution in [1.82, 2.24) is 5.32 Å². The maximum absolute atomic E-state index is 11.8. The lowest BCUT2D eigenvalue weighted by atomic mass is 10.3. The second-order valence-corrected chi connectivity index (χ2v) is 4.65. The summed E-state index contributed by atoms with van der Waals surface area (Å²) in [6.45, 7) is 5.80. The minimum atomic E-state index is -0.0999. The van der Waals surface area contributed by atoms with Crippen LogP contribution >= 0.6 is 11.6 Å².